The molecule has 2 heterocycles. The molecule has 1 aliphatic rings. The largest absolute Gasteiger partial charge is 0.466 e. The van der Waals surface area contributed by atoms with E-state index < -0.39 is 0 Å². The van der Waals surface area contributed by atoms with Gasteiger partial charge in [-0.25, -0.2) is 0 Å². The molecule has 1 aromatic rings. The monoisotopic (exact) mass is 274 g/mol. The molecule has 2 rings (SSSR count). The number of morpholine rings is 1. The Morgan fingerprint density at radius 1 is 1.67 bits per heavy atom. The van der Waals surface area contributed by atoms with Crippen LogP contribution in [0.1, 0.15) is 11.8 Å². The molecule has 0 saturated carbocycles. The van der Waals surface area contributed by atoms with Crippen LogP contribution in [0.4, 0.5) is 0 Å². The third kappa shape index (κ3) is 2.42. The first-order valence-corrected chi connectivity index (χ1v) is 5.76. The Morgan fingerprint density at radius 2 is 2.47 bits per heavy atom. The van der Waals surface area contributed by atoms with Gasteiger partial charge in [0, 0.05) is 13.1 Å². The molecule has 0 aromatic carbocycles. The van der Waals surface area contributed by atoms with Crippen LogP contribution < -0.4 is 5.73 Å². The van der Waals surface area contributed by atoms with E-state index in [1.54, 1.807) is 6.26 Å². The first kappa shape index (κ1) is 11.1. The quantitative estimate of drug-likeness (QED) is 0.885. The zero-order valence-electron chi connectivity index (χ0n) is 8.65. The van der Waals surface area contributed by atoms with Crippen molar-refractivity contribution in [2.45, 2.75) is 12.1 Å². The Labute approximate surface area is 97.5 Å². The summed E-state index contributed by atoms with van der Waals surface area (Å²) in [5, 5.41) is 0. The van der Waals surface area contributed by atoms with E-state index in [1.807, 2.05) is 6.07 Å². The number of nitrogens with two attached hydrogens (primary N) is 1. The van der Waals surface area contributed by atoms with E-state index in [9.17, 15) is 0 Å². The summed E-state index contributed by atoms with van der Waals surface area (Å²) in [4.78, 5) is 2.21. The van der Waals surface area contributed by atoms with Gasteiger partial charge in [-0.05, 0) is 29.0 Å². The summed E-state index contributed by atoms with van der Waals surface area (Å²) in [6, 6.07) is 1.64. The van der Waals surface area contributed by atoms with Crippen molar-refractivity contribution in [1.29, 1.82) is 0 Å². The molecular weight excluding hydrogens is 260 g/mol. The molecule has 1 fully saturated rings. The van der Waals surface area contributed by atoms with Crippen molar-refractivity contribution in [3.05, 3.63) is 22.6 Å². The van der Waals surface area contributed by atoms with Crippen molar-refractivity contribution in [3.63, 3.8) is 0 Å². The molecule has 0 bridgehead atoms. The normalized spacial score (nSPS) is 25.4. The van der Waals surface area contributed by atoms with Gasteiger partial charge in [0.2, 0.25) is 0 Å². The van der Waals surface area contributed by atoms with Crippen LogP contribution in [-0.4, -0.2) is 37.7 Å². The van der Waals surface area contributed by atoms with Gasteiger partial charge in [-0.2, -0.15) is 0 Å². The molecule has 0 spiro atoms. The van der Waals surface area contributed by atoms with E-state index in [1.165, 1.54) is 0 Å². The van der Waals surface area contributed by atoms with Crippen LogP contribution in [0.15, 0.2) is 21.2 Å². The van der Waals surface area contributed by atoms with Crippen molar-refractivity contribution in [1.82, 2.24) is 4.90 Å². The van der Waals surface area contributed by atoms with Crippen molar-refractivity contribution < 1.29 is 9.15 Å². The summed E-state index contributed by atoms with van der Waals surface area (Å²) in [5.41, 5.74) is 6.10. The minimum absolute atomic E-state index is 0.00574. The average molecular weight is 275 g/mol. The fourth-order valence-electron chi connectivity index (χ4n) is 1.74. The molecule has 1 saturated heterocycles. The Hall–Kier alpha value is -0.360. The summed E-state index contributed by atoms with van der Waals surface area (Å²) in [6.45, 7) is 2.53. The fourth-order valence-corrected chi connectivity index (χ4v) is 2.21. The summed E-state index contributed by atoms with van der Waals surface area (Å²) in [5.74, 6) is 0.760. The van der Waals surface area contributed by atoms with E-state index in [0.717, 1.165) is 29.9 Å². The second-order valence-corrected chi connectivity index (χ2v) is 4.68. The summed E-state index contributed by atoms with van der Waals surface area (Å²) in [6.07, 6.45) is 1.64. The molecule has 4 nitrogen and oxygen atoms in total. The zero-order valence-corrected chi connectivity index (χ0v) is 10.2. The average Bonchev–Trinajstić information content (AvgIpc) is 2.63. The Morgan fingerprint density at radius 3 is 3.07 bits per heavy atom. The van der Waals surface area contributed by atoms with E-state index in [4.69, 9.17) is 14.9 Å². The standard InChI is InChI=1S/C10H15BrN2O2/c1-13-3-5-14-8(6-13)9(12)10-7(11)2-4-15-10/h2,4,8-9H,3,5-6,12H2,1H3. The molecule has 1 aliphatic heterocycles. The molecule has 0 aliphatic carbocycles. The molecule has 15 heavy (non-hydrogen) atoms. The smallest absolute Gasteiger partial charge is 0.137 e. The number of nitrogens with zero attached hydrogens (tertiary/aromatic N) is 1. The number of hydrogen-bond acceptors (Lipinski definition) is 4. The van der Waals surface area contributed by atoms with Crippen molar-refractivity contribution in [2.75, 3.05) is 26.7 Å². The Balaban J connectivity index is 2.07. The molecule has 2 unspecified atom stereocenters. The maximum atomic E-state index is 6.10. The van der Waals surface area contributed by atoms with Crippen LogP contribution in [0.5, 0.6) is 0 Å². The summed E-state index contributed by atoms with van der Waals surface area (Å²) >= 11 is 3.41. The van der Waals surface area contributed by atoms with Gasteiger partial charge < -0.3 is 19.8 Å². The van der Waals surface area contributed by atoms with Crippen LogP contribution in [0.2, 0.25) is 0 Å². The van der Waals surface area contributed by atoms with Gasteiger partial charge in [-0.3, -0.25) is 0 Å². The van der Waals surface area contributed by atoms with Gasteiger partial charge in [0.1, 0.15) is 5.76 Å². The number of furan rings is 1. The van der Waals surface area contributed by atoms with Gasteiger partial charge in [-0.1, -0.05) is 0 Å². The van der Waals surface area contributed by atoms with E-state index >= 15 is 0 Å². The lowest BCUT2D eigenvalue weighted by Gasteiger charge is -2.32. The fraction of sp³-hybridized carbons (Fsp3) is 0.600. The van der Waals surface area contributed by atoms with Crippen LogP contribution in [0, 0.1) is 0 Å². The highest BCUT2D eigenvalue weighted by atomic mass is 79.9. The highest BCUT2D eigenvalue weighted by Crippen LogP contribution is 2.27. The predicted octanol–water partition coefficient (Wildman–Crippen LogP) is 1.37. The van der Waals surface area contributed by atoms with Crippen LogP contribution in [0.3, 0.4) is 0 Å². The molecule has 5 heteroatoms. The lowest BCUT2D eigenvalue weighted by Crippen LogP contribution is -2.45. The topological polar surface area (TPSA) is 51.6 Å². The second-order valence-electron chi connectivity index (χ2n) is 3.83. The van der Waals surface area contributed by atoms with Gasteiger partial charge in [0.15, 0.2) is 0 Å². The number of likely N-dealkylation sites (N-methyl/N-ethyl adjacent to an activating group) is 1. The minimum Gasteiger partial charge on any atom is -0.466 e. The summed E-state index contributed by atoms with van der Waals surface area (Å²) < 4.78 is 11.9. The number of hydrogen-bond donors (Lipinski definition) is 1. The molecule has 84 valence electrons. The first-order valence-electron chi connectivity index (χ1n) is 4.97. The molecule has 0 radical (unpaired) electrons. The van der Waals surface area contributed by atoms with Crippen LogP contribution in [-0.2, 0) is 4.74 Å². The van der Waals surface area contributed by atoms with E-state index in [2.05, 4.69) is 27.9 Å². The molecule has 0 amide bonds. The predicted molar refractivity (Wildman–Crippen MR) is 60.6 cm³/mol. The van der Waals surface area contributed by atoms with Crippen LogP contribution >= 0.6 is 15.9 Å². The maximum absolute atomic E-state index is 6.10. The third-order valence-electron chi connectivity index (χ3n) is 2.64. The van der Waals surface area contributed by atoms with Gasteiger partial charge in [0.25, 0.3) is 0 Å². The second kappa shape index (κ2) is 4.65. The number of ether oxygens (including phenoxy) is 1. The Kier molecular flexibility index (Phi) is 3.45. The van der Waals surface area contributed by atoms with Gasteiger partial charge in [-0.15, -0.1) is 0 Å². The molecule has 2 N–H and O–H groups in total. The maximum Gasteiger partial charge on any atom is 0.137 e. The Bertz CT molecular complexity index is 329. The highest BCUT2D eigenvalue weighted by Gasteiger charge is 2.28. The molecule has 2 atom stereocenters. The molecule has 1 aromatic heterocycles. The number of rotatable bonds is 2. The van der Waals surface area contributed by atoms with Crippen molar-refractivity contribution in [3.8, 4) is 0 Å². The zero-order chi connectivity index (χ0) is 10.8. The van der Waals surface area contributed by atoms with Gasteiger partial charge in [0.05, 0.1) is 29.5 Å². The van der Waals surface area contributed by atoms with E-state index in [-0.39, 0.29) is 12.1 Å². The van der Waals surface area contributed by atoms with E-state index in [0.29, 0.717) is 0 Å². The van der Waals surface area contributed by atoms with Crippen molar-refractivity contribution in [2.24, 2.45) is 5.73 Å². The first-order chi connectivity index (χ1) is 7.18. The van der Waals surface area contributed by atoms with Crippen molar-refractivity contribution >= 4 is 15.9 Å². The van der Waals surface area contributed by atoms with Crippen LogP contribution in [0.25, 0.3) is 0 Å². The minimum atomic E-state index is -0.211. The SMILES string of the molecule is CN1CCOC(C(N)c2occc2Br)C1. The lowest BCUT2D eigenvalue weighted by molar-refractivity contribution is -0.0358. The van der Waals surface area contributed by atoms with Gasteiger partial charge >= 0.3 is 0 Å². The number of halogens is 1. The third-order valence-corrected chi connectivity index (χ3v) is 3.30. The lowest BCUT2D eigenvalue weighted by atomic mass is 10.1. The highest BCUT2D eigenvalue weighted by molar-refractivity contribution is 9.10. The summed E-state index contributed by atoms with van der Waals surface area (Å²) in [7, 11) is 2.07. The molecular formula is C10H15BrN2O2.